The second-order valence-corrected chi connectivity index (χ2v) is 12.2. The maximum Gasteiger partial charge on any atom is 0.347 e. The first-order valence-corrected chi connectivity index (χ1v) is 15.1. The Labute approximate surface area is 271 Å². The van der Waals surface area contributed by atoms with Gasteiger partial charge in [-0.15, -0.1) is 0 Å². The molecule has 4 atom stereocenters. The molecule has 2 fully saturated rings. The third-order valence-electron chi connectivity index (χ3n) is 9.53. The summed E-state index contributed by atoms with van der Waals surface area (Å²) in [4.78, 5) is 56.4. The number of halogens is 2. The minimum atomic E-state index is -1.67. The van der Waals surface area contributed by atoms with Gasteiger partial charge in [0.1, 0.15) is 23.1 Å². The molecule has 4 aromatic rings. The van der Waals surface area contributed by atoms with Gasteiger partial charge in [-0.25, -0.2) is 27.9 Å². The fourth-order valence-corrected chi connectivity index (χ4v) is 7.68. The van der Waals surface area contributed by atoms with Crippen LogP contribution in [-0.2, 0) is 28.6 Å². The number of aromatic hydroxyl groups is 1. The van der Waals surface area contributed by atoms with Gasteiger partial charge in [-0.2, -0.15) is 5.01 Å². The van der Waals surface area contributed by atoms with Crippen LogP contribution < -0.4 is 26.3 Å². The molecule has 0 spiro atoms. The van der Waals surface area contributed by atoms with Crippen LogP contribution in [0.25, 0.3) is 0 Å². The van der Waals surface area contributed by atoms with Gasteiger partial charge in [0, 0.05) is 35.7 Å². The van der Waals surface area contributed by atoms with E-state index in [1.807, 2.05) is 0 Å². The Hall–Kier alpha value is -5.30. The maximum atomic E-state index is 15.2. The molecule has 3 aliphatic rings. The zero-order valence-corrected chi connectivity index (χ0v) is 26.2. The molecule has 0 radical (unpaired) electrons. The fraction of sp³-hybridized carbons (Fsp3) is 0.273. The Morgan fingerprint density at radius 3 is 2.21 bits per heavy atom. The minimum Gasteiger partial charge on any atom is -0.508 e. The number of phenols is 1. The van der Waals surface area contributed by atoms with Crippen molar-refractivity contribution >= 4 is 29.1 Å². The fourth-order valence-electron chi connectivity index (χ4n) is 7.55. The van der Waals surface area contributed by atoms with Gasteiger partial charge < -0.3 is 14.6 Å². The molecule has 2 aliphatic heterocycles. The molecule has 3 heterocycles. The number of phenolic OH excluding ortho intramolecular Hbond substituents is 1. The van der Waals surface area contributed by atoms with E-state index in [0.717, 1.165) is 9.58 Å². The predicted octanol–water partition coefficient (Wildman–Crippen LogP) is 3.48. The number of benzene rings is 3. The molecule has 1 aromatic heterocycles. The number of nitrogens with zero attached hydrogens (tertiary/aromatic N) is 4. The molecule has 0 unspecified atom stereocenters. The largest absolute Gasteiger partial charge is 0.508 e. The predicted molar refractivity (Wildman–Crippen MR) is 168 cm³/mol. The Morgan fingerprint density at radius 1 is 0.957 bits per heavy atom. The van der Waals surface area contributed by atoms with Crippen molar-refractivity contribution in [2.24, 2.45) is 13.0 Å². The summed E-state index contributed by atoms with van der Waals surface area (Å²) in [5, 5.41) is 11.9. The highest BCUT2D eigenvalue weighted by Gasteiger charge is 2.69. The number of rotatable bonds is 6. The number of amides is 2. The SMILES string of the molecule is COc1cc(O)cc(OC)c1[C@H]1C2=CCn3c(=O)n(C)c(=O)n3[C@@H]2C[C@H]2C(=O)N(Nc3ccc(F)cc3)C(=O)[C@@]12c1ccc(Cl)cc1. The lowest BCUT2D eigenvalue weighted by molar-refractivity contribution is -0.138. The number of fused-ring (bicyclic) bond motifs is 4. The van der Waals surface area contributed by atoms with Gasteiger partial charge in [-0.3, -0.25) is 15.0 Å². The normalized spacial score (nSPS) is 23.1. The quantitative estimate of drug-likeness (QED) is 0.237. The van der Waals surface area contributed by atoms with E-state index in [-0.39, 0.29) is 30.2 Å². The monoisotopic (exact) mass is 661 g/mol. The lowest BCUT2D eigenvalue weighted by Gasteiger charge is -2.49. The van der Waals surface area contributed by atoms with Gasteiger partial charge >= 0.3 is 11.4 Å². The standard InChI is InChI=1S/C33H29ClFN5O7/c1-37-31(44)38-13-12-22-24(40(38)32(37)45)16-23-29(42)39(36-20-10-8-19(35)9-11-20)30(43)33(23,17-4-6-18(34)7-5-17)28(22)27-25(46-2)14-21(41)15-26(27)47-3/h4-12,14-15,23-24,28,36,41H,13,16H2,1-3H3/t23-,24+,28+,33+/m0/s1. The molecule has 7 rings (SSSR count). The number of anilines is 1. The number of hydrogen-bond donors (Lipinski definition) is 2. The molecule has 47 heavy (non-hydrogen) atoms. The average molecular weight is 662 g/mol. The lowest BCUT2D eigenvalue weighted by Crippen LogP contribution is -2.53. The number of carbonyl (C=O) groups is 2. The number of nitrogens with one attached hydrogen (secondary N) is 1. The summed E-state index contributed by atoms with van der Waals surface area (Å²) in [5.74, 6) is -3.65. The van der Waals surface area contributed by atoms with E-state index >= 15 is 4.79 Å². The summed E-state index contributed by atoms with van der Waals surface area (Å²) in [6, 6.07) is 13.8. The van der Waals surface area contributed by atoms with Crippen LogP contribution >= 0.6 is 11.6 Å². The van der Waals surface area contributed by atoms with Crippen molar-refractivity contribution in [2.45, 2.75) is 30.3 Å². The van der Waals surface area contributed by atoms with Crippen molar-refractivity contribution in [1.29, 1.82) is 0 Å². The molecule has 3 aromatic carbocycles. The van der Waals surface area contributed by atoms with Crippen LogP contribution in [0.4, 0.5) is 10.1 Å². The molecular formula is C33H29ClFN5O7. The van der Waals surface area contributed by atoms with E-state index < -0.39 is 52.3 Å². The van der Waals surface area contributed by atoms with E-state index in [1.54, 1.807) is 30.3 Å². The third kappa shape index (κ3) is 4.25. The van der Waals surface area contributed by atoms with Crippen LogP contribution in [0.2, 0.25) is 5.02 Å². The highest BCUT2D eigenvalue weighted by molar-refractivity contribution is 6.30. The second kappa shape index (κ2) is 10.9. The molecular weight excluding hydrogens is 633 g/mol. The highest BCUT2D eigenvalue weighted by atomic mass is 35.5. The van der Waals surface area contributed by atoms with Crippen LogP contribution in [0.1, 0.15) is 29.5 Å². The number of carbonyl (C=O) groups excluding carboxylic acids is 2. The molecule has 242 valence electrons. The van der Waals surface area contributed by atoms with E-state index in [0.29, 0.717) is 27.4 Å². The number of ether oxygens (including phenoxy) is 2. The molecule has 1 aliphatic carbocycles. The summed E-state index contributed by atoms with van der Waals surface area (Å²) >= 11 is 6.32. The molecule has 1 saturated carbocycles. The van der Waals surface area contributed by atoms with Gasteiger partial charge in [0.15, 0.2) is 0 Å². The van der Waals surface area contributed by atoms with Crippen molar-refractivity contribution < 1.29 is 28.6 Å². The smallest absolute Gasteiger partial charge is 0.347 e. The third-order valence-corrected chi connectivity index (χ3v) is 9.78. The number of hydrazine groups is 1. The Morgan fingerprint density at radius 2 is 1.60 bits per heavy atom. The molecule has 0 bridgehead atoms. The molecule has 1 saturated heterocycles. The first kappa shape index (κ1) is 30.4. The highest BCUT2D eigenvalue weighted by Crippen LogP contribution is 2.64. The van der Waals surface area contributed by atoms with E-state index in [4.69, 9.17) is 21.1 Å². The number of aromatic nitrogens is 3. The summed E-state index contributed by atoms with van der Waals surface area (Å²) in [5.41, 5.74) is 1.79. The Bertz CT molecular complexity index is 2080. The topological polar surface area (TPSA) is 137 Å². The van der Waals surface area contributed by atoms with E-state index in [2.05, 4.69) is 5.43 Å². The van der Waals surface area contributed by atoms with Crippen LogP contribution in [-0.4, -0.2) is 50.1 Å². The summed E-state index contributed by atoms with van der Waals surface area (Å²) in [7, 11) is 4.19. The zero-order chi connectivity index (χ0) is 33.4. The van der Waals surface area contributed by atoms with Gasteiger partial charge in [0.25, 0.3) is 11.8 Å². The molecule has 2 amide bonds. The Balaban J connectivity index is 1.56. The Kier molecular flexibility index (Phi) is 7.04. The number of imide groups is 1. The minimum absolute atomic E-state index is 0.0149. The average Bonchev–Trinajstić information content (AvgIpc) is 3.42. The van der Waals surface area contributed by atoms with Gasteiger partial charge in [0.05, 0.1) is 43.8 Å². The van der Waals surface area contributed by atoms with Crippen LogP contribution in [0.15, 0.2) is 81.9 Å². The van der Waals surface area contributed by atoms with E-state index in [9.17, 15) is 23.9 Å². The van der Waals surface area contributed by atoms with E-state index in [1.165, 1.54) is 67.0 Å². The van der Waals surface area contributed by atoms with Gasteiger partial charge in [-0.1, -0.05) is 29.8 Å². The van der Waals surface area contributed by atoms with Crippen molar-refractivity contribution in [1.82, 2.24) is 18.9 Å². The summed E-state index contributed by atoms with van der Waals surface area (Å²) in [6.45, 7) is 0.0149. The van der Waals surface area contributed by atoms with Gasteiger partial charge in [-0.05, 0) is 54.0 Å². The maximum absolute atomic E-state index is 15.2. The van der Waals surface area contributed by atoms with Crippen molar-refractivity contribution in [3.63, 3.8) is 0 Å². The van der Waals surface area contributed by atoms with Gasteiger partial charge in [0.2, 0.25) is 0 Å². The number of methoxy groups -OCH3 is 2. The van der Waals surface area contributed by atoms with Crippen molar-refractivity contribution in [2.75, 3.05) is 19.6 Å². The van der Waals surface area contributed by atoms with Crippen LogP contribution in [0.5, 0.6) is 17.2 Å². The summed E-state index contributed by atoms with van der Waals surface area (Å²) < 4.78 is 29.0. The first-order valence-electron chi connectivity index (χ1n) is 14.7. The molecule has 14 heteroatoms. The van der Waals surface area contributed by atoms with Crippen LogP contribution in [0.3, 0.4) is 0 Å². The first-order chi connectivity index (χ1) is 22.5. The molecule has 12 nitrogen and oxygen atoms in total. The van der Waals surface area contributed by atoms with Crippen LogP contribution in [0, 0.1) is 11.7 Å². The van der Waals surface area contributed by atoms with Crippen molar-refractivity contribution in [3.05, 3.63) is 115 Å². The molecule has 2 N–H and O–H groups in total. The lowest BCUT2D eigenvalue weighted by atomic mass is 9.53. The second-order valence-electron chi connectivity index (χ2n) is 11.7. The number of allylic oxidation sites excluding steroid dienone is 2. The number of hydrogen-bond acceptors (Lipinski definition) is 8. The zero-order valence-electron chi connectivity index (χ0n) is 25.4. The summed E-state index contributed by atoms with van der Waals surface area (Å²) in [6.07, 6.45) is 1.77. The van der Waals surface area contributed by atoms with Crippen molar-refractivity contribution in [3.8, 4) is 17.2 Å².